The number of aromatic nitrogens is 2. The van der Waals surface area contributed by atoms with Crippen molar-refractivity contribution in [3.05, 3.63) is 77.0 Å². The van der Waals surface area contributed by atoms with E-state index in [-0.39, 0.29) is 50.0 Å². The number of aryl methyl sites for hydroxylation is 1. The number of nitrogens with zero attached hydrogens (tertiary/aromatic N) is 5. The summed E-state index contributed by atoms with van der Waals surface area (Å²) in [5.74, 6) is 1.65. The highest BCUT2D eigenvalue weighted by molar-refractivity contribution is 7.86. The molecule has 0 spiro atoms. The minimum absolute atomic E-state index is 0.0743. The van der Waals surface area contributed by atoms with Gasteiger partial charge < -0.3 is 57.6 Å². The zero-order valence-corrected chi connectivity index (χ0v) is 45.4. The van der Waals surface area contributed by atoms with E-state index in [2.05, 4.69) is 46.4 Å². The third-order valence-electron chi connectivity index (χ3n) is 12.3. The number of ether oxygens (including phenoxy) is 10. The maximum atomic E-state index is 12.9. The fourth-order valence-corrected chi connectivity index (χ4v) is 8.96. The molecule has 1 saturated carbocycles. The highest BCUT2D eigenvalue weighted by atomic mass is 32.2. The Bertz CT molecular complexity index is 2240. The first-order valence-electron chi connectivity index (χ1n) is 26.2. The average molecular weight is 1070 g/mol. The second kappa shape index (κ2) is 31.6. The molecule has 3 aromatic rings. The largest absolute Gasteiger partial charge is 0.444 e. The van der Waals surface area contributed by atoms with Gasteiger partial charge in [-0.25, -0.2) is 14.6 Å². The maximum Gasteiger partial charge on any atom is 0.415 e. The minimum Gasteiger partial charge on any atom is -0.444 e. The Hall–Kier alpha value is -4.59. The van der Waals surface area contributed by atoms with Crippen LogP contribution in [0.3, 0.4) is 0 Å². The van der Waals surface area contributed by atoms with E-state index in [1.165, 1.54) is 35.4 Å². The average Bonchev–Trinajstić information content (AvgIpc) is 4.22. The zero-order chi connectivity index (χ0) is 53.3. The van der Waals surface area contributed by atoms with Crippen molar-refractivity contribution in [2.75, 3.05) is 155 Å². The second-order valence-electron chi connectivity index (χ2n) is 19.5. The highest BCUT2D eigenvalue weighted by Crippen LogP contribution is 2.41. The number of piperazine rings is 1. The quantitative estimate of drug-likeness (QED) is 0.0496. The SMILES string of the molecule is Cc1ccc(S(=O)(=O)OCCOCCOCCOCCOCCOCCOCCOCCOCCN2C(=O)OCc3cnc(N[C@@H](C)c4ccc([C@H](CC5CC5)N5CCN(C(=O)OC(C)(C)C)CC5)cc4)nc32)cc1. The fraction of sp³-hybridized carbons (Fsp3) is 0.660. The van der Waals surface area contributed by atoms with Gasteiger partial charge in [-0.1, -0.05) is 54.8 Å². The molecular weight excluding hydrogens is 993 g/mol. The number of carbonyl (C=O) groups is 2. The number of cyclic esters (lactones) is 1. The van der Waals surface area contributed by atoms with E-state index in [0.717, 1.165) is 36.6 Å². The summed E-state index contributed by atoms with van der Waals surface area (Å²) in [7, 11) is -3.80. The fourth-order valence-electron chi connectivity index (χ4n) is 8.07. The Morgan fingerprint density at radius 3 is 1.71 bits per heavy atom. The van der Waals surface area contributed by atoms with E-state index in [1.54, 1.807) is 18.3 Å². The third kappa shape index (κ3) is 21.8. The van der Waals surface area contributed by atoms with E-state index in [4.69, 9.17) is 56.5 Å². The van der Waals surface area contributed by atoms with Gasteiger partial charge in [0, 0.05) is 38.4 Å². The van der Waals surface area contributed by atoms with Gasteiger partial charge in [-0.15, -0.1) is 0 Å². The van der Waals surface area contributed by atoms with Gasteiger partial charge in [0.1, 0.15) is 18.0 Å². The number of fused-ring (bicyclic) bond motifs is 1. The Morgan fingerprint density at radius 1 is 0.707 bits per heavy atom. The van der Waals surface area contributed by atoms with Crippen LogP contribution in [0.2, 0.25) is 0 Å². The molecule has 0 radical (unpaired) electrons. The lowest BCUT2D eigenvalue weighted by Gasteiger charge is -2.40. The molecule has 3 aliphatic rings. The van der Waals surface area contributed by atoms with E-state index >= 15 is 0 Å². The molecule has 0 bridgehead atoms. The van der Waals surface area contributed by atoms with Gasteiger partial charge in [0.2, 0.25) is 5.95 Å². The Labute approximate surface area is 443 Å². The highest BCUT2D eigenvalue weighted by Gasteiger charge is 2.34. The first kappa shape index (κ1) is 59.7. The number of anilines is 2. The number of amides is 2. The first-order valence-corrected chi connectivity index (χ1v) is 27.6. The van der Waals surface area contributed by atoms with Crippen molar-refractivity contribution in [1.82, 2.24) is 19.8 Å². The van der Waals surface area contributed by atoms with Crippen molar-refractivity contribution in [2.24, 2.45) is 5.92 Å². The lowest BCUT2D eigenvalue weighted by atomic mass is 9.96. The number of rotatable bonds is 36. The van der Waals surface area contributed by atoms with Crippen molar-refractivity contribution < 1.29 is 69.6 Å². The predicted octanol–water partition coefficient (Wildman–Crippen LogP) is 6.35. The van der Waals surface area contributed by atoms with Crippen LogP contribution >= 0.6 is 0 Å². The van der Waals surface area contributed by atoms with Crippen molar-refractivity contribution >= 4 is 34.1 Å². The number of hydrogen-bond acceptors (Lipinski definition) is 19. The molecule has 0 unspecified atom stereocenters. The lowest BCUT2D eigenvalue weighted by Crippen LogP contribution is -2.50. The topological polar surface area (TPSA) is 217 Å². The minimum atomic E-state index is -3.80. The maximum absolute atomic E-state index is 12.9. The van der Waals surface area contributed by atoms with E-state index in [1.807, 2.05) is 32.6 Å². The lowest BCUT2D eigenvalue weighted by molar-refractivity contribution is -0.0234. The van der Waals surface area contributed by atoms with Crippen molar-refractivity contribution in [2.45, 2.75) is 83.1 Å². The summed E-state index contributed by atoms with van der Waals surface area (Å²) in [5, 5.41) is 3.42. The summed E-state index contributed by atoms with van der Waals surface area (Å²) in [5.41, 5.74) is 3.54. The first-order chi connectivity index (χ1) is 36.3. The second-order valence-corrected chi connectivity index (χ2v) is 21.1. The van der Waals surface area contributed by atoms with Crippen LogP contribution in [0.1, 0.15) is 81.3 Å². The standard InChI is InChI=1S/C53H80N6O15S/c1-41-6-14-47(15-7-41)75(62,63)73-37-36-71-35-34-70-33-32-69-31-30-68-29-28-67-27-26-66-25-24-65-23-22-64-21-20-59-49-46(40-72-52(59)61)39-54-50(56-49)55-42(2)44-10-12-45(13-11-44)48(38-43-8-9-43)57-16-18-58(19-17-57)51(60)74-53(3,4)5/h6-7,10-15,39,42-43,48H,8-9,16-38,40H2,1-5H3,(H,54,55,56)/t42-,48-/m0/s1. The van der Waals surface area contributed by atoms with Gasteiger partial charge in [-0.3, -0.25) is 14.0 Å². The molecular formula is C53H80N6O15S. The van der Waals surface area contributed by atoms with Crippen LogP contribution in [-0.4, -0.2) is 191 Å². The molecule has 418 valence electrons. The van der Waals surface area contributed by atoms with Gasteiger partial charge in [-0.05, 0) is 70.2 Å². The monoisotopic (exact) mass is 1070 g/mol. The Balaban J connectivity index is 0.741. The van der Waals surface area contributed by atoms with Crippen LogP contribution in [0.5, 0.6) is 0 Å². The molecule has 1 aliphatic carbocycles. The van der Waals surface area contributed by atoms with Gasteiger partial charge in [0.15, 0.2) is 0 Å². The molecule has 1 saturated heterocycles. The molecule has 21 nitrogen and oxygen atoms in total. The molecule has 2 fully saturated rings. The normalized spacial score (nSPS) is 16.1. The van der Waals surface area contributed by atoms with Crippen LogP contribution in [0.15, 0.2) is 59.6 Å². The summed E-state index contributed by atoms with van der Waals surface area (Å²) >= 11 is 0. The summed E-state index contributed by atoms with van der Waals surface area (Å²) in [6, 6.07) is 15.4. The Kier molecular flexibility index (Phi) is 25.1. The van der Waals surface area contributed by atoms with Crippen molar-refractivity contribution in [3.63, 3.8) is 0 Å². The van der Waals surface area contributed by atoms with E-state index < -0.39 is 21.8 Å². The predicted molar refractivity (Wildman–Crippen MR) is 278 cm³/mol. The molecule has 2 aliphatic heterocycles. The van der Waals surface area contributed by atoms with Crippen LogP contribution in [0.4, 0.5) is 21.4 Å². The summed E-state index contributed by atoms with van der Waals surface area (Å²) < 4.78 is 84.7. The molecule has 2 atom stereocenters. The van der Waals surface area contributed by atoms with Gasteiger partial charge >= 0.3 is 12.2 Å². The third-order valence-corrected chi connectivity index (χ3v) is 13.7. The molecule has 75 heavy (non-hydrogen) atoms. The summed E-state index contributed by atoms with van der Waals surface area (Å²) in [4.78, 5) is 40.8. The smallest absolute Gasteiger partial charge is 0.415 e. The van der Waals surface area contributed by atoms with Gasteiger partial charge in [-0.2, -0.15) is 13.4 Å². The summed E-state index contributed by atoms with van der Waals surface area (Å²) in [6.07, 6.45) is 4.63. The molecule has 6 rings (SSSR count). The number of hydrogen-bond donors (Lipinski definition) is 1. The Morgan fingerprint density at radius 2 is 1.20 bits per heavy atom. The van der Waals surface area contributed by atoms with Crippen molar-refractivity contribution in [3.8, 4) is 0 Å². The van der Waals surface area contributed by atoms with Gasteiger partial charge in [0.25, 0.3) is 10.1 Å². The zero-order valence-electron chi connectivity index (χ0n) is 44.6. The summed E-state index contributed by atoms with van der Waals surface area (Å²) in [6.45, 7) is 18.8. The molecule has 2 aromatic carbocycles. The van der Waals surface area contributed by atoms with Gasteiger partial charge in [0.05, 0.1) is 135 Å². The van der Waals surface area contributed by atoms with Crippen LogP contribution in [0, 0.1) is 12.8 Å². The molecule has 1 aromatic heterocycles. The molecule has 1 N–H and O–H groups in total. The van der Waals surface area contributed by atoms with Crippen LogP contribution in [0.25, 0.3) is 0 Å². The van der Waals surface area contributed by atoms with Crippen molar-refractivity contribution in [1.29, 1.82) is 0 Å². The van der Waals surface area contributed by atoms with Crippen LogP contribution < -0.4 is 10.2 Å². The van der Waals surface area contributed by atoms with Crippen LogP contribution in [-0.2, 0) is 68.3 Å². The number of carbonyl (C=O) groups excluding carboxylic acids is 2. The molecule has 3 heterocycles. The molecule has 2 amide bonds. The number of nitrogens with one attached hydrogen (secondary N) is 1. The molecule has 22 heteroatoms. The van der Waals surface area contributed by atoms with E-state index in [0.29, 0.717) is 129 Å². The van der Waals surface area contributed by atoms with E-state index in [9.17, 15) is 18.0 Å². The number of benzene rings is 2.